The zero-order valence-electron chi connectivity index (χ0n) is 14.7. The van der Waals surface area contributed by atoms with Crippen molar-refractivity contribution in [1.29, 1.82) is 0 Å². The molecule has 2 rings (SSSR count). The maximum atomic E-state index is 12.3. The smallest absolute Gasteiger partial charge is 0.379 e. The highest BCUT2D eigenvalue weighted by atomic mass is 35.5. The van der Waals surface area contributed by atoms with Gasteiger partial charge in [0.15, 0.2) is 5.96 Å². The fourth-order valence-electron chi connectivity index (χ4n) is 2.77. The van der Waals surface area contributed by atoms with Gasteiger partial charge in [0.05, 0.1) is 25.7 Å². The summed E-state index contributed by atoms with van der Waals surface area (Å²) in [6.45, 7) is 3.18. The lowest BCUT2D eigenvalue weighted by Gasteiger charge is -2.35. The number of aliphatic imine (C=N–C) groups is 1. The highest BCUT2D eigenvalue weighted by molar-refractivity contribution is 6.30. The lowest BCUT2D eigenvalue weighted by Crippen LogP contribution is -2.46. The molecule has 0 aromatic heterocycles. The summed E-state index contributed by atoms with van der Waals surface area (Å²) in [6.07, 6.45) is -5.09. The number of guanidine groups is 1. The second kappa shape index (κ2) is 9.99. The van der Waals surface area contributed by atoms with E-state index in [9.17, 15) is 13.2 Å². The minimum atomic E-state index is -4.19. The maximum Gasteiger partial charge on any atom is 0.390 e. The predicted molar refractivity (Wildman–Crippen MR) is 96.6 cm³/mol. The van der Waals surface area contributed by atoms with Gasteiger partial charge in [0.25, 0.3) is 0 Å². The van der Waals surface area contributed by atoms with Gasteiger partial charge in [-0.15, -0.1) is 0 Å². The normalized spacial score (nSPS) is 17.8. The maximum absolute atomic E-state index is 12.3. The molecule has 1 fully saturated rings. The van der Waals surface area contributed by atoms with Crippen LogP contribution in [-0.2, 0) is 4.74 Å². The molecule has 0 bridgehead atoms. The SMILES string of the molecule is CN=C(NCCC(F)(F)F)NCC(c1ccc(Cl)cc1)N1CCOCC1. The summed E-state index contributed by atoms with van der Waals surface area (Å²) in [5.41, 5.74) is 1.08. The Labute approximate surface area is 156 Å². The zero-order valence-corrected chi connectivity index (χ0v) is 15.4. The average Bonchev–Trinajstić information content (AvgIpc) is 2.61. The van der Waals surface area contributed by atoms with Crippen molar-refractivity contribution in [3.8, 4) is 0 Å². The molecule has 1 atom stereocenters. The third-order valence-electron chi connectivity index (χ3n) is 4.13. The van der Waals surface area contributed by atoms with Crippen LogP contribution >= 0.6 is 11.6 Å². The number of alkyl halides is 3. The number of nitrogens with zero attached hydrogens (tertiary/aromatic N) is 2. The number of rotatable bonds is 6. The molecule has 1 saturated heterocycles. The summed E-state index contributed by atoms with van der Waals surface area (Å²) < 4.78 is 42.3. The molecule has 1 aromatic rings. The molecule has 2 N–H and O–H groups in total. The van der Waals surface area contributed by atoms with Crippen molar-refractivity contribution in [3.63, 3.8) is 0 Å². The van der Waals surface area contributed by atoms with E-state index in [1.165, 1.54) is 7.05 Å². The summed E-state index contributed by atoms with van der Waals surface area (Å²) in [5, 5.41) is 6.48. The molecule has 1 aromatic carbocycles. The molecule has 0 aliphatic carbocycles. The van der Waals surface area contributed by atoms with Crippen molar-refractivity contribution < 1.29 is 17.9 Å². The summed E-state index contributed by atoms with van der Waals surface area (Å²) in [7, 11) is 1.54. The van der Waals surface area contributed by atoms with Gasteiger partial charge in [-0.3, -0.25) is 9.89 Å². The van der Waals surface area contributed by atoms with Gasteiger partial charge in [0.1, 0.15) is 0 Å². The van der Waals surface area contributed by atoms with E-state index >= 15 is 0 Å². The molecule has 0 spiro atoms. The Balaban J connectivity index is 1.97. The van der Waals surface area contributed by atoms with Gasteiger partial charge in [0, 0.05) is 38.2 Å². The Morgan fingerprint density at radius 3 is 2.46 bits per heavy atom. The highest BCUT2D eigenvalue weighted by Gasteiger charge is 2.26. The van der Waals surface area contributed by atoms with Gasteiger partial charge in [-0.2, -0.15) is 13.2 Å². The molecule has 26 heavy (non-hydrogen) atoms. The number of benzene rings is 1. The molecular weight excluding hydrogens is 369 g/mol. The molecule has 1 aliphatic heterocycles. The molecule has 1 unspecified atom stereocenters. The molecule has 146 valence electrons. The Hall–Kier alpha value is -1.51. The largest absolute Gasteiger partial charge is 0.390 e. The zero-order chi connectivity index (χ0) is 19.0. The van der Waals surface area contributed by atoms with Gasteiger partial charge in [0.2, 0.25) is 0 Å². The van der Waals surface area contributed by atoms with E-state index in [-0.39, 0.29) is 12.6 Å². The number of halogens is 4. The van der Waals surface area contributed by atoms with Crippen LogP contribution in [0, 0.1) is 0 Å². The van der Waals surface area contributed by atoms with Gasteiger partial charge < -0.3 is 15.4 Å². The van der Waals surface area contributed by atoms with E-state index in [0.717, 1.165) is 18.7 Å². The number of morpholine rings is 1. The van der Waals surface area contributed by atoms with E-state index in [1.54, 1.807) is 0 Å². The Bertz CT molecular complexity index is 574. The van der Waals surface area contributed by atoms with Gasteiger partial charge in [-0.25, -0.2) is 0 Å². The second-order valence-electron chi connectivity index (χ2n) is 5.96. The number of hydrogen-bond acceptors (Lipinski definition) is 3. The monoisotopic (exact) mass is 392 g/mol. The van der Waals surface area contributed by atoms with Crippen LogP contribution in [0.25, 0.3) is 0 Å². The fraction of sp³-hybridized carbons (Fsp3) is 0.588. The van der Waals surface area contributed by atoms with Crippen molar-refractivity contribution in [2.75, 3.05) is 46.4 Å². The quantitative estimate of drug-likeness (QED) is 0.577. The minimum Gasteiger partial charge on any atom is -0.379 e. The highest BCUT2D eigenvalue weighted by Crippen LogP contribution is 2.23. The van der Waals surface area contributed by atoms with Crippen molar-refractivity contribution in [1.82, 2.24) is 15.5 Å². The van der Waals surface area contributed by atoms with Crippen LogP contribution in [0.4, 0.5) is 13.2 Å². The third kappa shape index (κ3) is 7.01. The lowest BCUT2D eigenvalue weighted by atomic mass is 10.0. The molecule has 1 aliphatic rings. The van der Waals surface area contributed by atoms with Crippen LogP contribution in [0.5, 0.6) is 0 Å². The van der Waals surface area contributed by atoms with Crippen molar-refractivity contribution in [2.45, 2.75) is 18.6 Å². The van der Waals surface area contributed by atoms with Crippen LogP contribution in [0.2, 0.25) is 5.02 Å². The summed E-state index contributed by atoms with van der Waals surface area (Å²) >= 11 is 5.98. The summed E-state index contributed by atoms with van der Waals surface area (Å²) in [4.78, 5) is 6.28. The van der Waals surface area contributed by atoms with Crippen LogP contribution in [0.3, 0.4) is 0 Å². The Morgan fingerprint density at radius 1 is 1.23 bits per heavy atom. The topological polar surface area (TPSA) is 48.9 Å². The number of ether oxygens (including phenoxy) is 1. The first-order valence-corrected chi connectivity index (χ1v) is 8.85. The number of nitrogens with one attached hydrogen (secondary N) is 2. The molecular formula is C17H24ClF3N4O. The minimum absolute atomic E-state index is 0.0392. The first-order valence-electron chi connectivity index (χ1n) is 8.47. The van der Waals surface area contributed by atoms with E-state index in [1.807, 2.05) is 24.3 Å². The van der Waals surface area contributed by atoms with E-state index in [2.05, 4.69) is 20.5 Å². The van der Waals surface area contributed by atoms with Gasteiger partial charge in [-0.1, -0.05) is 23.7 Å². The number of hydrogen-bond donors (Lipinski definition) is 2. The van der Waals surface area contributed by atoms with E-state index in [0.29, 0.717) is 30.7 Å². The van der Waals surface area contributed by atoms with Crippen molar-refractivity contribution in [3.05, 3.63) is 34.9 Å². The Kier molecular flexibility index (Phi) is 7.99. The van der Waals surface area contributed by atoms with Gasteiger partial charge in [-0.05, 0) is 17.7 Å². The van der Waals surface area contributed by atoms with Crippen molar-refractivity contribution >= 4 is 17.6 Å². The van der Waals surface area contributed by atoms with Crippen LogP contribution < -0.4 is 10.6 Å². The summed E-state index contributed by atoms with van der Waals surface area (Å²) in [6, 6.07) is 7.63. The van der Waals surface area contributed by atoms with Crippen molar-refractivity contribution in [2.24, 2.45) is 4.99 Å². The molecule has 0 radical (unpaired) electrons. The Morgan fingerprint density at radius 2 is 1.88 bits per heavy atom. The molecule has 0 saturated carbocycles. The fourth-order valence-corrected chi connectivity index (χ4v) is 2.89. The van der Waals surface area contributed by atoms with Crippen LogP contribution in [0.15, 0.2) is 29.3 Å². The average molecular weight is 393 g/mol. The first kappa shape index (κ1) is 20.8. The van der Waals surface area contributed by atoms with E-state index in [4.69, 9.17) is 16.3 Å². The lowest BCUT2D eigenvalue weighted by molar-refractivity contribution is -0.132. The van der Waals surface area contributed by atoms with Gasteiger partial charge >= 0.3 is 6.18 Å². The summed E-state index contributed by atoms with van der Waals surface area (Å²) in [5.74, 6) is 0.349. The molecule has 0 amide bonds. The second-order valence-corrected chi connectivity index (χ2v) is 6.40. The van der Waals surface area contributed by atoms with Crippen LogP contribution in [-0.4, -0.2) is 63.5 Å². The molecule has 1 heterocycles. The molecule has 9 heteroatoms. The predicted octanol–water partition coefficient (Wildman–Crippen LogP) is 2.83. The first-order chi connectivity index (χ1) is 12.4. The van der Waals surface area contributed by atoms with E-state index < -0.39 is 12.6 Å². The van der Waals surface area contributed by atoms with Crippen LogP contribution in [0.1, 0.15) is 18.0 Å². The third-order valence-corrected chi connectivity index (χ3v) is 4.38. The standard InChI is InChI=1S/C17H24ClF3N4O/c1-22-16(23-7-6-17(19,20)21)24-12-15(25-8-10-26-11-9-25)13-2-4-14(18)5-3-13/h2-5,15H,6-12H2,1H3,(H2,22,23,24). The molecule has 5 nitrogen and oxygen atoms in total.